The summed E-state index contributed by atoms with van der Waals surface area (Å²) >= 11 is 1.33. The molecule has 1 aromatic rings. The standard InChI is InChI=1S/C14H17NO4S/c16-13(17)4-3-12-7-11(9-20-12)14(18)15-5-6-19-8-10-1-2-10/h3-4,7,9-10H,1-2,5-6,8H2,(H,15,18)(H,16,17)/b4-3+. The van der Waals surface area contributed by atoms with E-state index in [1.54, 1.807) is 11.4 Å². The number of carboxylic acid groups (broad SMARTS) is 1. The van der Waals surface area contributed by atoms with Gasteiger partial charge in [-0.3, -0.25) is 4.79 Å². The van der Waals surface area contributed by atoms with Crippen molar-refractivity contribution in [2.75, 3.05) is 19.8 Å². The lowest BCUT2D eigenvalue weighted by molar-refractivity contribution is -0.131. The van der Waals surface area contributed by atoms with Crippen molar-refractivity contribution in [3.63, 3.8) is 0 Å². The van der Waals surface area contributed by atoms with E-state index in [2.05, 4.69) is 5.32 Å². The summed E-state index contributed by atoms with van der Waals surface area (Å²) in [5, 5.41) is 13.0. The van der Waals surface area contributed by atoms with Gasteiger partial charge in [-0.15, -0.1) is 11.3 Å². The minimum atomic E-state index is -1.00. The number of carboxylic acids is 1. The number of carbonyl (C=O) groups excluding carboxylic acids is 1. The molecule has 1 aliphatic rings. The Balaban J connectivity index is 1.69. The number of aliphatic carboxylic acids is 1. The molecule has 1 fully saturated rings. The molecular weight excluding hydrogens is 278 g/mol. The largest absolute Gasteiger partial charge is 0.478 e. The summed E-state index contributed by atoms with van der Waals surface area (Å²) in [7, 11) is 0. The van der Waals surface area contributed by atoms with Crippen LogP contribution in [0.25, 0.3) is 6.08 Å². The van der Waals surface area contributed by atoms with E-state index in [9.17, 15) is 9.59 Å². The first-order chi connectivity index (χ1) is 9.65. The number of thiophene rings is 1. The van der Waals surface area contributed by atoms with Crippen LogP contribution in [0.3, 0.4) is 0 Å². The highest BCUT2D eigenvalue weighted by molar-refractivity contribution is 7.11. The van der Waals surface area contributed by atoms with Gasteiger partial charge in [-0.25, -0.2) is 4.79 Å². The molecule has 1 saturated carbocycles. The lowest BCUT2D eigenvalue weighted by Gasteiger charge is -2.04. The number of rotatable bonds is 8. The first-order valence-corrected chi connectivity index (χ1v) is 7.38. The van der Waals surface area contributed by atoms with E-state index in [-0.39, 0.29) is 5.91 Å². The molecule has 0 atom stereocenters. The summed E-state index contributed by atoms with van der Waals surface area (Å²) in [6.45, 7) is 1.80. The SMILES string of the molecule is O=C(O)/C=C/c1cc(C(=O)NCCOCC2CC2)cs1. The van der Waals surface area contributed by atoms with Crippen LogP contribution >= 0.6 is 11.3 Å². The number of carbonyl (C=O) groups is 2. The van der Waals surface area contributed by atoms with Crippen LogP contribution in [0.4, 0.5) is 0 Å². The van der Waals surface area contributed by atoms with Crippen LogP contribution in [0.5, 0.6) is 0 Å². The van der Waals surface area contributed by atoms with Crippen molar-refractivity contribution in [1.82, 2.24) is 5.32 Å². The maximum absolute atomic E-state index is 11.8. The Morgan fingerprint density at radius 2 is 2.30 bits per heavy atom. The molecule has 1 aromatic heterocycles. The van der Waals surface area contributed by atoms with Gasteiger partial charge in [0, 0.05) is 29.5 Å². The van der Waals surface area contributed by atoms with E-state index < -0.39 is 5.97 Å². The third-order valence-corrected chi connectivity index (χ3v) is 3.75. The Hall–Kier alpha value is -1.66. The number of nitrogens with one attached hydrogen (secondary N) is 1. The molecule has 0 spiro atoms. The molecule has 6 heteroatoms. The Morgan fingerprint density at radius 1 is 1.50 bits per heavy atom. The van der Waals surface area contributed by atoms with Crippen molar-refractivity contribution < 1.29 is 19.4 Å². The average molecular weight is 295 g/mol. The molecule has 108 valence electrons. The van der Waals surface area contributed by atoms with Gasteiger partial charge in [-0.1, -0.05) is 0 Å². The second-order valence-corrected chi connectivity index (χ2v) is 5.63. The quantitative estimate of drug-likeness (QED) is 0.568. The van der Waals surface area contributed by atoms with Crippen molar-refractivity contribution in [1.29, 1.82) is 0 Å². The number of amides is 1. The fraction of sp³-hybridized carbons (Fsp3) is 0.429. The van der Waals surface area contributed by atoms with Crippen LogP contribution in [-0.2, 0) is 9.53 Å². The topological polar surface area (TPSA) is 75.6 Å². The van der Waals surface area contributed by atoms with Gasteiger partial charge in [0.15, 0.2) is 0 Å². The van der Waals surface area contributed by atoms with Crippen LogP contribution in [0, 0.1) is 5.92 Å². The lowest BCUT2D eigenvalue weighted by atomic mass is 10.3. The third kappa shape index (κ3) is 5.14. The van der Waals surface area contributed by atoms with Gasteiger partial charge in [0.25, 0.3) is 5.91 Å². The molecule has 1 aliphatic carbocycles. The highest BCUT2D eigenvalue weighted by Crippen LogP contribution is 2.28. The van der Waals surface area contributed by atoms with Crippen LogP contribution in [0.2, 0.25) is 0 Å². The van der Waals surface area contributed by atoms with Crippen LogP contribution in [0.1, 0.15) is 28.1 Å². The molecule has 1 amide bonds. The molecule has 20 heavy (non-hydrogen) atoms. The molecule has 5 nitrogen and oxygen atoms in total. The Morgan fingerprint density at radius 3 is 3.00 bits per heavy atom. The molecule has 0 unspecified atom stereocenters. The summed E-state index contributed by atoms with van der Waals surface area (Å²) in [5.41, 5.74) is 0.544. The molecule has 0 saturated heterocycles. The zero-order chi connectivity index (χ0) is 14.4. The van der Waals surface area contributed by atoms with Gasteiger partial charge in [-0.2, -0.15) is 0 Å². The fourth-order valence-electron chi connectivity index (χ4n) is 1.59. The maximum atomic E-state index is 11.8. The highest BCUT2D eigenvalue weighted by atomic mass is 32.1. The smallest absolute Gasteiger partial charge is 0.328 e. The molecule has 0 radical (unpaired) electrons. The zero-order valence-corrected chi connectivity index (χ0v) is 11.8. The van der Waals surface area contributed by atoms with Crippen molar-refractivity contribution in [2.24, 2.45) is 5.92 Å². The van der Waals surface area contributed by atoms with Gasteiger partial charge >= 0.3 is 5.97 Å². The molecule has 0 aromatic carbocycles. The molecule has 1 heterocycles. The summed E-state index contributed by atoms with van der Waals surface area (Å²) in [4.78, 5) is 22.9. The number of hydrogen-bond acceptors (Lipinski definition) is 4. The first-order valence-electron chi connectivity index (χ1n) is 6.50. The third-order valence-electron chi connectivity index (χ3n) is 2.85. The zero-order valence-electron chi connectivity index (χ0n) is 11.0. The minimum Gasteiger partial charge on any atom is -0.478 e. The summed E-state index contributed by atoms with van der Waals surface area (Å²) in [6, 6.07) is 1.67. The van der Waals surface area contributed by atoms with Gasteiger partial charge in [0.05, 0.1) is 12.2 Å². The fourth-order valence-corrected chi connectivity index (χ4v) is 2.37. The second-order valence-electron chi connectivity index (χ2n) is 4.68. The maximum Gasteiger partial charge on any atom is 0.328 e. The van der Waals surface area contributed by atoms with E-state index in [1.807, 2.05) is 0 Å². The Labute approximate surface area is 121 Å². The average Bonchev–Trinajstić information content (AvgIpc) is 3.11. The monoisotopic (exact) mass is 295 g/mol. The summed E-state index contributed by atoms with van der Waals surface area (Å²) in [6.07, 6.45) is 5.05. The predicted molar refractivity (Wildman–Crippen MR) is 76.9 cm³/mol. The Kier molecular flexibility index (Phi) is 5.31. The van der Waals surface area contributed by atoms with E-state index in [0.29, 0.717) is 18.7 Å². The van der Waals surface area contributed by atoms with Crippen molar-refractivity contribution in [3.8, 4) is 0 Å². The second kappa shape index (κ2) is 7.21. The normalized spacial score (nSPS) is 14.6. The lowest BCUT2D eigenvalue weighted by Crippen LogP contribution is -2.27. The molecular formula is C14H17NO4S. The minimum absolute atomic E-state index is 0.161. The molecule has 0 aliphatic heterocycles. The van der Waals surface area contributed by atoms with Crippen molar-refractivity contribution in [3.05, 3.63) is 28.0 Å². The predicted octanol–water partition coefficient (Wildman–Crippen LogP) is 2.00. The molecule has 0 bridgehead atoms. The van der Waals surface area contributed by atoms with Crippen LogP contribution in [-0.4, -0.2) is 36.7 Å². The van der Waals surface area contributed by atoms with E-state index >= 15 is 0 Å². The van der Waals surface area contributed by atoms with E-state index in [4.69, 9.17) is 9.84 Å². The first kappa shape index (κ1) is 14.7. The Bertz CT molecular complexity index is 505. The van der Waals surface area contributed by atoms with Crippen LogP contribution < -0.4 is 5.32 Å². The molecule has 2 N–H and O–H groups in total. The number of hydrogen-bond donors (Lipinski definition) is 2. The van der Waals surface area contributed by atoms with Crippen molar-refractivity contribution in [2.45, 2.75) is 12.8 Å². The summed E-state index contributed by atoms with van der Waals surface area (Å²) in [5.74, 6) is -0.436. The highest BCUT2D eigenvalue weighted by Gasteiger charge is 2.20. The van der Waals surface area contributed by atoms with E-state index in [1.165, 1.54) is 30.3 Å². The summed E-state index contributed by atoms with van der Waals surface area (Å²) < 4.78 is 5.43. The van der Waals surface area contributed by atoms with Gasteiger partial charge in [-0.05, 0) is 30.9 Å². The molecule has 2 rings (SSSR count). The van der Waals surface area contributed by atoms with Gasteiger partial charge in [0.1, 0.15) is 0 Å². The van der Waals surface area contributed by atoms with Crippen LogP contribution in [0.15, 0.2) is 17.5 Å². The van der Waals surface area contributed by atoms with Gasteiger partial charge in [0.2, 0.25) is 0 Å². The van der Waals surface area contributed by atoms with E-state index in [0.717, 1.165) is 23.5 Å². The number of ether oxygens (including phenoxy) is 1. The van der Waals surface area contributed by atoms with Crippen molar-refractivity contribution >= 4 is 29.3 Å². The van der Waals surface area contributed by atoms with Gasteiger partial charge < -0.3 is 15.2 Å².